The summed E-state index contributed by atoms with van der Waals surface area (Å²) in [7, 11) is 0. The lowest BCUT2D eigenvalue weighted by atomic mass is 10.1. The number of halogens is 1. The summed E-state index contributed by atoms with van der Waals surface area (Å²) in [6.07, 6.45) is 1.67. The van der Waals surface area contributed by atoms with Crippen molar-refractivity contribution in [3.05, 3.63) is 59.8 Å². The second kappa shape index (κ2) is 6.50. The van der Waals surface area contributed by atoms with Gasteiger partial charge in [0, 0.05) is 12.6 Å². The Morgan fingerprint density at radius 2 is 2.00 bits per heavy atom. The first kappa shape index (κ1) is 13.8. The number of nitrogens with zero attached hydrogens (tertiary/aromatic N) is 1. The molecule has 1 aromatic heterocycles. The van der Waals surface area contributed by atoms with Crippen molar-refractivity contribution >= 4 is 0 Å². The highest BCUT2D eigenvalue weighted by Crippen LogP contribution is 2.22. The van der Waals surface area contributed by atoms with Crippen molar-refractivity contribution < 1.29 is 8.81 Å². The summed E-state index contributed by atoms with van der Waals surface area (Å²) >= 11 is 0. The average Bonchev–Trinajstić information content (AvgIpc) is 2.93. The molecule has 0 saturated carbocycles. The number of rotatable bonds is 6. The first-order chi connectivity index (χ1) is 9.24. The maximum absolute atomic E-state index is 13.0. The highest BCUT2D eigenvalue weighted by atomic mass is 19.1. The van der Waals surface area contributed by atoms with E-state index in [2.05, 4.69) is 11.8 Å². The van der Waals surface area contributed by atoms with E-state index in [-0.39, 0.29) is 11.9 Å². The lowest BCUT2D eigenvalue weighted by Crippen LogP contribution is -2.33. The fraction of sp³-hybridized carbons (Fsp3) is 0.333. The Kier molecular flexibility index (Phi) is 4.71. The molecule has 3 nitrogen and oxygen atoms in total. The van der Waals surface area contributed by atoms with Gasteiger partial charge in [0.05, 0.1) is 12.8 Å². The van der Waals surface area contributed by atoms with E-state index < -0.39 is 0 Å². The number of hydrogen-bond acceptors (Lipinski definition) is 3. The van der Waals surface area contributed by atoms with Crippen LogP contribution >= 0.6 is 0 Å². The molecule has 0 spiro atoms. The van der Waals surface area contributed by atoms with Crippen molar-refractivity contribution in [3.63, 3.8) is 0 Å². The number of nitrogens with two attached hydrogens (primary N) is 1. The molecule has 0 aliphatic rings. The van der Waals surface area contributed by atoms with Crippen LogP contribution in [0.25, 0.3) is 0 Å². The average molecular weight is 262 g/mol. The molecule has 0 amide bonds. The normalized spacial score (nSPS) is 12.8. The molecule has 102 valence electrons. The largest absolute Gasteiger partial charge is 0.468 e. The molecule has 2 rings (SSSR count). The molecule has 0 bridgehead atoms. The van der Waals surface area contributed by atoms with E-state index in [0.717, 1.165) is 17.9 Å². The third kappa shape index (κ3) is 3.43. The zero-order chi connectivity index (χ0) is 13.7. The second-order valence-corrected chi connectivity index (χ2v) is 4.45. The number of benzene rings is 1. The lowest BCUT2D eigenvalue weighted by molar-refractivity contribution is 0.188. The molecule has 1 aromatic carbocycles. The van der Waals surface area contributed by atoms with Gasteiger partial charge in [-0.3, -0.25) is 4.90 Å². The maximum atomic E-state index is 13.0. The van der Waals surface area contributed by atoms with Gasteiger partial charge in [-0.05, 0) is 36.4 Å². The zero-order valence-corrected chi connectivity index (χ0v) is 11.1. The second-order valence-electron chi connectivity index (χ2n) is 4.45. The molecule has 1 heterocycles. The topological polar surface area (TPSA) is 42.4 Å². The Morgan fingerprint density at radius 1 is 1.26 bits per heavy atom. The van der Waals surface area contributed by atoms with Crippen molar-refractivity contribution in [1.29, 1.82) is 0 Å². The van der Waals surface area contributed by atoms with Crippen LogP contribution < -0.4 is 5.73 Å². The molecule has 0 saturated heterocycles. The lowest BCUT2D eigenvalue weighted by Gasteiger charge is -2.29. The van der Waals surface area contributed by atoms with E-state index in [4.69, 9.17) is 10.2 Å². The van der Waals surface area contributed by atoms with Crippen LogP contribution in [0.15, 0.2) is 47.1 Å². The Morgan fingerprint density at radius 3 is 2.53 bits per heavy atom. The van der Waals surface area contributed by atoms with E-state index in [0.29, 0.717) is 13.1 Å². The Hall–Kier alpha value is -1.65. The molecule has 0 fully saturated rings. The molecule has 0 aliphatic carbocycles. The molecule has 1 atom stereocenters. The molecule has 0 aliphatic heterocycles. The van der Waals surface area contributed by atoms with E-state index >= 15 is 0 Å². The minimum atomic E-state index is -0.228. The van der Waals surface area contributed by atoms with Gasteiger partial charge in [-0.25, -0.2) is 4.39 Å². The smallest absolute Gasteiger partial charge is 0.123 e. The van der Waals surface area contributed by atoms with E-state index in [1.165, 1.54) is 12.1 Å². The first-order valence-corrected chi connectivity index (χ1v) is 6.46. The van der Waals surface area contributed by atoms with Crippen molar-refractivity contribution in [2.75, 3.05) is 13.1 Å². The van der Waals surface area contributed by atoms with E-state index in [1.54, 1.807) is 18.4 Å². The highest BCUT2D eigenvalue weighted by Gasteiger charge is 2.18. The predicted molar refractivity (Wildman–Crippen MR) is 73.0 cm³/mol. The van der Waals surface area contributed by atoms with Crippen LogP contribution in [-0.2, 0) is 6.54 Å². The Bertz CT molecular complexity index is 481. The summed E-state index contributed by atoms with van der Waals surface area (Å²) in [5, 5.41) is 0. The molecule has 19 heavy (non-hydrogen) atoms. The minimum Gasteiger partial charge on any atom is -0.468 e. The minimum absolute atomic E-state index is 0.0655. The summed E-state index contributed by atoms with van der Waals surface area (Å²) in [6, 6.07) is 10.4. The fourth-order valence-corrected chi connectivity index (χ4v) is 2.23. The van der Waals surface area contributed by atoms with Crippen LogP contribution in [0.2, 0.25) is 0 Å². The van der Waals surface area contributed by atoms with Gasteiger partial charge < -0.3 is 10.2 Å². The first-order valence-electron chi connectivity index (χ1n) is 6.46. The number of likely N-dealkylation sites (N-methyl/N-ethyl adjacent to an activating group) is 1. The van der Waals surface area contributed by atoms with Gasteiger partial charge in [-0.15, -0.1) is 0 Å². The van der Waals surface area contributed by atoms with Crippen LogP contribution in [0.1, 0.15) is 24.3 Å². The van der Waals surface area contributed by atoms with Crippen molar-refractivity contribution in [1.82, 2.24) is 4.90 Å². The molecular weight excluding hydrogens is 243 g/mol. The summed E-state index contributed by atoms with van der Waals surface area (Å²) < 4.78 is 18.4. The van der Waals surface area contributed by atoms with Crippen LogP contribution in [0.3, 0.4) is 0 Å². The summed E-state index contributed by atoms with van der Waals surface area (Å²) in [4.78, 5) is 2.21. The summed E-state index contributed by atoms with van der Waals surface area (Å²) in [6.45, 7) is 4.11. The van der Waals surface area contributed by atoms with Gasteiger partial charge in [0.1, 0.15) is 11.6 Å². The monoisotopic (exact) mass is 262 g/mol. The van der Waals surface area contributed by atoms with Gasteiger partial charge in [-0.1, -0.05) is 19.1 Å². The quantitative estimate of drug-likeness (QED) is 0.870. The molecule has 2 aromatic rings. The van der Waals surface area contributed by atoms with E-state index in [9.17, 15) is 4.39 Å². The van der Waals surface area contributed by atoms with Gasteiger partial charge in [0.2, 0.25) is 0 Å². The molecule has 4 heteroatoms. The number of furan rings is 1. The van der Waals surface area contributed by atoms with E-state index in [1.807, 2.05) is 12.1 Å². The Labute approximate surface area is 112 Å². The third-order valence-electron chi connectivity index (χ3n) is 3.26. The van der Waals surface area contributed by atoms with Crippen LogP contribution in [0.4, 0.5) is 4.39 Å². The maximum Gasteiger partial charge on any atom is 0.123 e. The standard InChI is InChI=1S/C15H19FN2O/c1-2-18(11-14-4-3-9-19-14)15(10-17)12-5-7-13(16)8-6-12/h3-9,15H,2,10-11,17H2,1H3. The number of hydrogen-bond donors (Lipinski definition) is 1. The predicted octanol–water partition coefficient (Wildman–Crippen LogP) is 2.94. The SMILES string of the molecule is CCN(Cc1ccco1)C(CN)c1ccc(F)cc1. The molecule has 1 unspecified atom stereocenters. The van der Waals surface area contributed by atoms with Crippen LogP contribution in [0, 0.1) is 5.82 Å². The summed E-state index contributed by atoms with van der Waals surface area (Å²) in [5.74, 6) is 0.677. The van der Waals surface area contributed by atoms with Crippen LogP contribution in [-0.4, -0.2) is 18.0 Å². The van der Waals surface area contributed by atoms with Crippen molar-refractivity contribution in [2.24, 2.45) is 5.73 Å². The zero-order valence-electron chi connectivity index (χ0n) is 11.1. The van der Waals surface area contributed by atoms with Gasteiger partial charge in [-0.2, -0.15) is 0 Å². The Balaban J connectivity index is 2.16. The van der Waals surface area contributed by atoms with Crippen molar-refractivity contribution in [3.8, 4) is 0 Å². The van der Waals surface area contributed by atoms with Gasteiger partial charge in [0.25, 0.3) is 0 Å². The third-order valence-corrected chi connectivity index (χ3v) is 3.26. The molecule has 0 radical (unpaired) electrons. The van der Waals surface area contributed by atoms with Crippen molar-refractivity contribution in [2.45, 2.75) is 19.5 Å². The summed E-state index contributed by atoms with van der Waals surface area (Å²) in [5.41, 5.74) is 6.91. The molecular formula is C15H19FN2O. The van der Waals surface area contributed by atoms with Gasteiger partial charge >= 0.3 is 0 Å². The highest BCUT2D eigenvalue weighted by molar-refractivity contribution is 5.20. The van der Waals surface area contributed by atoms with Gasteiger partial charge in [0.15, 0.2) is 0 Å². The fourth-order valence-electron chi connectivity index (χ4n) is 2.23. The van der Waals surface area contributed by atoms with Crippen LogP contribution in [0.5, 0.6) is 0 Å². The molecule has 2 N–H and O–H groups in total.